The van der Waals surface area contributed by atoms with Crippen molar-refractivity contribution < 1.29 is 15.0 Å². The topological polar surface area (TPSA) is 57.5 Å². The molecule has 0 aromatic heterocycles. The van der Waals surface area contributed by atoms with Gasteiger partial charge < -0.3 is 10.2 Å². The molecule has 0 saturated heterocycles. The van der Waals surface area contributed by atoms with Gasteiger partial charge in [0.1, 0.15) is 0 Å². The zero-order chi connectivity index (χ0) is 16.8. The lowest BCUT2D eigenvalue weighted by molar-refractivity contribution is -0.225. The fraction of sp³-hybridized carbons (Fsp3) is 0.850. The zero-order valence-electron chi connectivity index (χ0n) is 14.6. The number of fused-ring (bicyclic) bond motifs is 3. The summed E-state index contributed by atoms with van der Waals surface area (Å²) in [6.07, 6.45) is 4.43. The quantitative estimate of drug-likeness (QED) is 0.675. The standard InChI is InChI=1S/C20H30O3/c1-11-12-6-7-13-19(4)9-5-8-18(2,3)14(19)10-15(21)20(13,16(11)22)17(12)23/h12-15,17,21,23H,1,5-10H2,2-4H3/t12-,13+,14-,15-,17-,19+,20+/m1/s1. The Balaban J connectivity index is 1.88. The zero-order valence-corrected chi connectivity index (χ0v) is 14.6. The summed E-state index contributed by atoms with van der Waals surface area (Å²) in [5.74, 6) is 0.333. The summed E-state index contributed by atoms with van der Waals surface area (Å²) >= 11 is 0. The molecule has 0 amide bonds. The predicted molar refractivity (Wildman–Crippen MR) is 88.7 cm³/mol. The molecule has 2 N–H and O–H groups in total. The maximum Gasteiger partial charge on any atom is 0.170 e. The number of aliphatic hydroxyl groups is 2. The van der Waals surface area contributed by atoms with E-state index in [2.05, 4.69) is 27.4 Å². The van der Waals surface area contributed by atoms with E-state index < -0.39 is 17.6 Å². The van der Waals surface area contributed by atoms with E-state index in [4.69, 9.17) is 0 Å². The second-order valence-electron chi connectivity index (χ2n) is 9.62. The van der Waals surface area contributed by atoms with Crippen LogP contribution in [0.15, 0.2) is 12.2 Å². The van der Waals surface area contributed by atoms with E-state index in [1.54, 1.807) is 0 Å². The summed E-state index contributed by atoms with van der Waals surface area (Å²) in [5, 5.41) is 22.1. The third-order valence-electron chi connectivity index (χ3n) is 8.43. The van der Waals surface area contributed by atoms with E-state index in [0.717, 1.165) is 19.3 Å². The van der Waals surface area contributed by atoms with Crippen molar-refractivity contribution in [3.8, 4) is 0 Å². The Bertz CT molecular complexity index is 579. The van der Waals surface area contributed by atoms with E-state index in [-0.39, 0.29) is 28.4 Å². The lowest BCUT2D eigenvalue weighted by Crippen LogP contribution is -2.66. The average molecular weight is 318 g/mol. The Labute approximate surface area is 139 Å². The van der Waals surface area contributed by atoms with Gasteiger partial charge in [-0.25, -0.2) is 0 Å². The number of rotatable bonds is 0. The molecule has 4 aliphatic carbocycles. The van der Waals surface area contributed by atoms with Gasteiger partial charge in [0.2, 0.25) is 0 Å². The summed E-state index contributed by atoms with van der Waals surface area (Å²) in [4.78, 5) is 13.1. The molecule has 4 aliphatic rings. The SMILES string of the molecule is C=C1C(=O)[C@@]23[C@H](O)C[C@@H]4C(C)(C)CCC[C@@]4(C)[C@@H]2CC[C@H]1[C@H]3O. The normalized spacial score (nSPS) is 54.6. The Hall–Kier alpha value is -0.670. The van der Waals surface area contributed by atoms with Crippen molar-refractivity contribution in [1.82, 2.24) is 0 Å². The maximum absolute atomic E-state index is 13.1. The molecule has 4 saturated carbocycles. The molecule has 0 aromatic rings. The predicted octanol–water partition coefficient (Wildman–Crippen LogP) is 3.10. The molecule has 1 spiro atoms. The van der Waals surface area contributed by atoms with Crippen LogP contribution in [0.5, 0.6) is 0 Å². The molecular weight excluding hydrogens is 288 g/mol. The summed E-state index contributed by atoms with van der Waals surface area (Å²) in [7, 11) is 0. The van der Waals surface area contributed by atoms with Gasteiger partial charge >= 0.3 is 0 Å². The van der Waals surface area contributed by atoms with Crippen LogP contribution in [0.25, 0.3) is 0 Å². The first-order chi connectivity index (χ1) is 10.7. The summed E-state index contributed by atoms with van der Waals surface area (Å²) in [6, 6.07) is 0. The second-order valence-corrected chi connectivity index (χ2v) is 9.62. The van der Waals surface area contributed by atoms with Crippen LogP contribution < -0.4 is 0 Å². The molecule has 0 heterocycles. The fourth-order valence-corrected chi connectivity index (χ4v) is 7.43. The monoisotopic (exact) mass is 318 g/mol. The molecule has 2 bridgehead atoms. The number of hydrogen-bond donors (Lipinski definition) is 2. The van der Waals surface area contributed by atoms with Crippen LogP contribution in [0.2, 0.25) is 0 Å². The minimum Gasteiger partial charge on any atom is -0.392 e. The lowest BCUT2D eigenvalue weighted by Gasteiger charge is -2.65. The summed E-state index contributed by atoms with van der Waals surface area (Å²) in [6.45, 7) is 10.9. The Morgan fingerprint density at radius 2 is 1.78 bits per heavy atom. The first kappa shape index (κ1) is 15.8. The Morgan fingerprint density at radius 1 is 1.09 bits per heavy atom. The summed E-state index contributed by atoms with van der Waals surface area (Å²) < 4.78 is 0. The molecule has 23 heavy (non-hydrogen) atoms. The van der Waals surface area contributed by atoms with Gasteiger partial charge in [0.25, 0.3) is 0 Å². The van der Waals surface area contributed by atoms with Crippen molar-refractivity contribution in [2.75, 3.05) is 0 Å². The minimum absolute atomic E-state index is 0.0342. The van der Waals surface area contributed by atoms with Crippen molar-refractivity contribution in [3.63, 3.8) is 0 Å². The van der Waals surface area contributed by atoms with Crippen LogP contribution >= 0.6 is 0 Å². The van der Waals surface area contributed by atoms with Gasteiger partial charge in [0.05, 0.1) is 17.6 Å². The third-order valence-corrected chi connectivity index (χ3v) is 8.43. The number of carbonyl (C=O) groups excluding carboxylic acids is 1. The smallest absolute Gasteiger partial charge is 0.170 e. The van der Waals surface area contributed by atoms with Crippen molar-refractivity contribution in [2.24, 2.45) is 34.0 Å². The van der Waals surface area contributed by atoms with Crippen molar-refractivity contribution in [1.29, 1.82) is 0 Å². The highest BCUT2D eigenvalue weighted by Gasteiger charge is 2.73. The van der Waals surface area contributed by atoms with Crippen LogP contribution in [0.1, 0.15) is 59.3 Å². The highest BCUT2D eigenvalue weighted by atomic mass is 16.3. The number of hydrogen-bond acceptors (Lipinski definition) is 3. The van der Waals surface area contributed by atoms with E-state index >= 15 is 0 Å². The van der Waals surface area contributed by atoms with Gasteiger partial charge in [0.15, 0.2) is 5.78 Å². The molecule has 128 valence electrons. The average Bonchev–Trinajstić information content (AvgIpc) is 2.58. The molecule has 0 aromatic carbocycles. The highest BCUT2D eigenvalue weighted by Crippen LogP contribution is 2.70. The van der Waals surface area contributed by atoms with E-state index in [1.807, 2.05) is 0 Å². The molecule has 0 unspecified atom stereocenters. The number of aliphatic hydroxyl groups excluding tert-OH is 2. The largest absolute Gasteiger partial charge is 0.392 e. The number of Topliss-reactive ketones (excluding diaryl/α,β-unsaturated/α-hetero) is 1. The molecule has 0 radical (unpaired) electrons. The molecule has 0 aliphatic heterocycles. The lowest BCUT2D eigenvalue weighted by atomic mass is 9.40. The third kappa shape index (κ3) is 1.61. The van der Waals surface area contributed by atoms with Gasteiger partial charge in [-0.05, 0) is 60.3 Å². The van der Waals surface area contributed by atoms with Crippen LogP contribution in [0, 0.1) is 34.0 Å². The maximum atomic E-state index is 13.1. The number of carbonyl (C=O) groups is 1. The fourth-order valence-electron chi connectivity index (χ4n) is 7.43. The van der Waals surface area contributed by atoms with Crippen molar-refractivity contribution >= 4 is 5.78 Å². The van der Waals surface area contributed by atoms with Crippen molar-refractivity contribution in [3.05, 3.63) is 12.2 Å². The Morgan fingerprint density at radius 3 is 2.48 bits per heavy atom. The highest BCUT2D eigenvalue weighted by molar-refractivity contribution is 6.04. The Kier molecular flexibility index (Phi) is 3.09. The van der Waals surface area contributed by atoms with Gasteiger partial charge in [-0.1, -0.05) is 33.8 Å². The molecular formula is C20H30O3. The minimum atomic E-state index is -0.974. The number of ketones is 1. The van der Waals surface area contributed by atoms with Gasteiger partial charge in [0, 0.05) is 5.92 Å². The van der Waals surface area contributed by atoms with E-state index in [9.17, 15) is 15.0 Å². The van der Waals surface area contributed by atoms with Gasteiger partial charge in [-0.2, -0.15) is 0 Å². The van der Waals surface area contributed by atoms with Crippen LogP contribution in [0.4, 0.5) is 0 Å². The molecule has 3 nitrogen and oxygen atoms in total. The van der Waals surface area contributed by atoms with Crippen LogP contribution in [-0.4, -0.2) is 28.2 Å². The van der Waals surface area contributed by atoms with Gasteiger partial charge in [-0.3, -0.25) is 4.79 Å². The van der Waals surface area contributed by atoms with Crippen LogP contribution in [-0.2, 0) is 4.79 Å². The van der Waals surface area contributed by atoms with Gasteiger partial charge in [-0.15, -0.1) is 0 Å². The first-order valence-corrected chi connectivity index (χ1v) is 9.27. The second kappa shape index (κ2) is 4.49. The van der Waals surface area contributed by atoms with E-state index in [1.165, 1.54) is 12.8 Å². The molecule has 4 fully saturated rings. The van der Waals surface area contributed by atoms with E-state index in [0.29, 0.717) is 17.9 Å². The molecule has 7 atom stereocenters. The summed E-state index contributed by atoms with van der Waals surface area (Å²) in [5.41, 5.74) is -0.182. The molecule has 4 rings (SSSR count). The van der Waals surface area contributed by atoms with Crippen LogP contribution in [0.3, 0.4) is 0 Å². The first-order valence-electron chi connectivity index (χ1n) is 9.27. The van der Waals surface area contributed by atoms with Crippen molar-refractivity contribution in [2.45, 2.75) is 71.5 Å². The molecule has 3 heteroatoms.